The number of hydrogen-bond acceptors (Lipinski definition) is 3. The number of aryl methyl sites for hydroxylation is 2. The van der Waals surface area contributed by atoms with E-state index in [4.69, 9.17) is 16.3 Å². The molecule has 5 nitrogen and oxygen atoms in total. The van der Waals surface area contributed by atoms with Gasteiger partial charge in [0, 0.05) is 22.1 Å². The van der Waals surface area contributed by atoms with Crippen molar-refractivity contribution in [3.63, 3.8) is 0 Å². The Morgan fingerprint density at radius 3 is 2.45 bits per heavy atom. The van der Waals surface area contributed by atoms with E-state index in [0.717, 1.165) is 46.8 Å². The van der Waals surface area contributed by atoms with Crippen molar-refractivity contribution in [2.24, 2.45) is 0 Å². The summed E-state index contributed by atoms with van der Waals surface area (Å²) >= 11 is 9.73. The van der Waals surface area contributed by atoms with Crippen molar-refractivity contribution >= 4 is 39.3 Å². The molecular weight excluding hydrogens is 504 g/mol. The summed E-state index contributed by atoms with van der Waals surface area (Å²) in [5.41, 5.74) is 2.73. The number of rotatable bonds is 8. The molecule has 2 amide bonds. The second-order valence-electron chi connectivity index (χ2n) is 8.83. The standard InChI is InChI=1S/C26H32BrClN2O3/c1-17-12-23(13-18(2)25(17)28)33-16-24(31)30(15-20-8-7-9-21(27)14-20)19(3)26(32)29-22-10-5-4-6-11-22/h7-9,12-14,19,22H,4-6,10-11,15-16H2,1-3H3,(H,29,32). The van der Waals surface area contributed by atoms with Crippen LogP contribution < -0.4 is 10.1 Å². The fourth-order valence-corrected chi connectivity index (χ4v) is 4.76. The van der Waals surface area contributed by atoms with Gasteiger partial charge in [0.2, 0.25) is 5.91 Å². The summed E-state index contributed by atoms with van der Waals surface area (Å²) in [6.07, 6.45) is 5.48. The SMILES string of the molecule is Cc1cc(OCC(=O)N(Cc2cccc(Br)c2)C(C)C(=O)NC2CCCCC2)cc(C)c1Cl. The third-order valence-corrected chi connectivity index (χ3v) is 7.22. The van der Waals surface area contributed by atoms with Crippen LogP contribution >= 0.6 is 27.5 Å². The van der Waals surface area contributed by atoms with Crippen LogP contribution in [0.1, 0.15) is 55.7 Å². The number of carbonyl (C=O) groups excluding carboxylic acids is 2. The van der Waals surface area contributed by atoms with Crippen molar-refractivity contribution in [1.82, 2.24) is 10.2 Å². The maximum absolute atomic E-state index is 13.3. The first-order valence-electron chi connectivity index (χ1n) is 11.5. The molecule has 0 heterocycles. The minimum atomic E-state index is -0.615. The average Bonchev–Trinajstić information content (AvgIpc) is 2.79. The molecule has 0 aromatic heterocycles. The Kier molecular flexibility index (Phi) is 9.21. The molecule has 7 heteroatoms. The Bertz CT molecular complexity index is 968. The Morgan fingerprint density at radius 1 is 1.15 bits per heavy atom. The number of carbonyl (C=O) groups is 2. The Balaban J connectivity index is 1.73. The third-order valence-electron chi connectivity index (χ3n) is 6.13. The molecule has 3 rings (SSSR count). The number of ether oxygens (including phenoxy) is 1. The van der Waals surface area contributed by atoms with Gasteiger partial charge in [-0.1, -0.05) is 58.9 Å². The van der Waals surface area contributed by atoms with Crippen LogP contribution in [0.15, 0.2) is 40.9 Å². The van der Waals surface area contributed by atoms with Crippen molar-refractivity contribution in [3.05, 3.63) is 62.6 Å². The fourth-order valence-electron chi connectivity index (χ4n) is 4.20. The summed E-state index contributed by atoms with van der Waals surface area (Å²) in [7, 11) is 0. The Morgan fingerprint density at radius 2 is 1.82 bits per heavy atom. The first-order chi connectivity index (χ1) is 15.7. The molecule has 0 aliphatic heterocycles. The fraction of sp³-hybridized carbons (Fsp3) is 0.462. The van der Waals surface area contributed by atoms with Crippen molar-refractivity contribution in [2.75, 3.05) is 6.61 Å². The van der Waals surface area contributed by atoms with Crippen LogP contribution in [0.25, 0.3) is 0 Å². The van der Waals surface area contributed by atoms with Crippen molar-refractivity contribution < 1.29 is 14.3 Å². The van der Waals surface area contributed by atoms with Gasteiger partial charge >= 0.3 is 0 Å². The van der Waals surface area contributed by atoms with Crippen molar-refractivity contribution in [1.29, 1.82) is 0 Å². The highest BCUT2D eigenvalue weighted by molar-refractivity contribution is 9.10. The topological polar surface area (TPSA) is 58.6 Å². The zero-order valence-electron chi connectivity index (χ0n) is 19.5. The second kappa shape index (κ2) is 11.9. The molecule has 0 saturated heterocycles. The molecule has 1 fully saturated rings. The van der Waals surface area contributed by atoms with Gasteiger partial charge in [0.1, 0.15) is 11.8 Å². The summed E-state index contributed by atoms with van der Waals surface area (Å²) in [5.74, 6) is 0.222. The largest absolute Gasteiger partial charge is 0.484 e. The maximum atomic E-state index is 13.3. The molecule has 1 unspecified atom stereocenters. The molecule has 0 spiro atoms. The smallest absolute Gasteiger partial charge is 0.261 e. The zero-order valence-corrected chi connectivity index (χ0v) is 21.8. The van der Waals surface area contributed by atoms with E-state index in [1.165, 1.54) is 6.42 Å². The van der Waals surface area contributed by atoms with E-state index in [2.05, 4.69) is 21.2 Å². The maximum Gasteiger partial charge on any atom is 0.261 e. The van der Waals surface area contributed by atoms with Gasteiger partial charge in [-0.3, -0.25) is 9.59 Å². The zero-order chi connectivity index (χ0) is 24.0. The lowest BCUT2D eigenvalue weighted by molar-refractivity contribution is -0.142. The van der Waals surface area contributed by atoms with E-state index < -0.39 is 6.04 Å². The quantitative estimate of drug-likeness (QED) is 0.453. The number of nitrogens with zero attached hydrogens (tertiary/aromatic N) is 1. The molecule has 0 radical (unpaired) electrons. The number of halogens is 2. The summed E-state index contributed by atoms with van der Waals surface area (Å²) < 4.78 is 6.74. The van der Waals surface area contributed by atoms with Gasteiger partial charge in [0.15, 0.2) is 6.61 Å². The number of amides is 2. The van der Waals surface area contributed by atoms with Crippen LogP contribution in [0.5, 0.6) is 5.75 Å². The lowest BCUT2D eigenvalue weighted by Crippen LogP contribution is -2.51. The van der Waals surface area contributed by atoms with Gasteiger partial charge in [0.25, 0.3) is 5.91 Å². The van der Waals surface area contributed by atoms with Gasteiger partial charge in [0.05, 0.1) is 0 Å². The molecule has 0 bridgehead atoms. The van der Waals surface area contributed by atoms with Crippen LogP contribution in [0.3, 0.4) is 0 Å². The molecule has 178 valence electrons. The Hall–Kier alpha value is -2.05. The molecule has 2 aromatic carbocycles. The van der Waals surface area contributed by atoms with E-state index in [1.807, 2.05) is 50.2 Å². The summed E-state index contributed by atoms with van der Waals surface area (Å²) in [5, 5.41) is 3.84. The monoisotopic (exact) mass is 534 g/mol. The lowest BCUT2D eigenvalue weighted by Gasteiger charge is -2.31. The minimum absolute atomic E-state index is 0.122. The second-order valence-corrected chi connectivity index (χ2v) is 10.1. The van der Waals surface area contributed by atoms with Gasteiger partial charge < -0.3 is 15.0 Å². The highest BCUT2D eigenvalue weighted by Crippen LogP contribution is 2.26. The first-order valence-corrected chi connectivity index (χ1v) is 12.7. The molecule has 1 N–H and O–H groups in total. The summed E-state index contributed by atoms with van der Waals surface area (Å²) in [6.45, 7) is 5.75. The molecule has 1 saturated carbocycles. The predicted octanol–water partition coefficient (Wildman–Crippen LogP) is 5.96. The number of hydrogen-bond donors (Lipinski definition) is 1. The van der Waals surface area contributed by atoms with Gasteiger partial charge in [-0.15, -0.1) is 0 Å². The molecule has 33 heavy (non-hydrogen) atoms. The van der Waals surface area contributed by atoms with Crippen LogP contribution in [0, 0.1) is 13.8 Å². The summed E-state index contributed by atoms with van der Waals surface area (Å²) in [6, 6.07) is 11.0. The molecular formula is C26H32BrClN2O3. The first kappa shape index (κ1) is 25.6. The van der Waals surface area contributed by atoms with Crippen molar-refractivity contribution in [2.45, 2.75) is 71.5 Å². The molecule has 1 atom stereocenters. The van der Waals surface area contributed by atoms with Crippen LogP contribution in [0.2, 0.25) is 5.02 Å². The molecule has 2 aromatic rings. The summed E-state index contributed by atoms with van der Waals surface area (Å²) in [4.78, 5) is 27.9. The van der Waals surface area contributed by atoms with E-state index in [0.29, 0.717) is 17.3 Å². The third kappa shape index (κ3) is 7.21. The average molecular weight is 536 g/mol. The van der Waals surface area contributed by atoms with E-state index >= 15 is 0 Å². The van der Waals surface area contributed by atoms with Gasteiger partial charge in [-0.25, -0.2) is 0 Å². The van der Waals surface area contributed by atoms with E-state index in [9.17, 15) is 9.59 Å². The predicted molar refractivity (Wildman–Crippen MR) is 136 cm³/mol. The molecule has 1 aliphatic rings. The Labute approximate surface area is 210 Å². The minimum Gasteiger partial charge on any atom is -0.484 e. The lowest BCUT2D eigenvalue weighted by atomic mass is 9.95. The van der Waals surface area contributed by atoms with E-state index in [-0.39, 0.29) is 24.5 Å². The van der Waals surface area contributed by atoms with Crippen molar-refractivity contribution in [3.8, 4) is 5.75 Å². The van der Waals surface area contributed by atoms with E-state index in [1.54, 1.807) is 11.8 Å². The normalized spacial score (nSPS) is 15.1. The number of nitrogens with one attached hydrogen (secondary N) is 1. The highest BCUT2D eigenvalue weighted by atomic mass is 79.9. The number of benzene rings is 2. The van der Waals surface area contributed by atoms with Crippen LogP contribution in [0.4, 0.5) is 0 Å². The highest BCUT2D eigenvalue weighted by Gasteiger charge is 2.28. The van der Waals surface area contributed by atoms with Crippen LogP contribution in [-0.2, 0) is 16.1 Å². The van der Waals surface area contributed by atoms with Crippen LogP contribution in [-0.4, -0.2) is 35.4 Å². The van der Waals surface area contributed by atoms with Gasteiger partial charge in [-0.2, -0.15) is 0 Å². The van der Waals surface area contributed by atoms with Gasteiger partial charge in [-0.05, 0) is 74.6 Å². The molecule has 1 aliphatic carbocycles.